The number of benzene rings is 2. The second-order valence-electron chi connectivity index (χ2n) is 6.56. The van der Waals surface area contributed by atoms with Crippen LogP contribution in [0.2, 0.25) is 5.02 Å². The number of amides is 1. The molecule has 0 saturated heterocycles. The minimum absolute atomic E-state index is 0.117. The SMILES string of the molecule is CCn1c(SCc2ccc(Cl)cc2)nnc1[C@H](C)NC(=O)c1ccc(C)cc1. The van der Waals surface area contributed by atoms with Gasteiger partial charge in [-0.2, -0.15) is 0 Å². The number of aryl methyl sites for hydroxylation is 1. The standard InChI is InChI=1S/C21H23ClN4OS/c1-4-26-19(15(3)23-20(27)17-9-5-14(2)6-10-17)24-25-21(26)28-13-16-7-11-18(22)12-8-16/h5-12,15H,4,13H2,1-3H3,(H,23,27)/t15-/m0/s1. The van der Waals surface area contributed by atoms with Gasteiger partial charge >= 0.3 is 0 Å². The summed E-state index contributed by atoms with van der Waals surface area (Å²) < 4.78 is 2.04. The zero-order valence-corrected chi connectivity index (χ0v) is 17.7. The predicted octanol–water partition coefficient (Wildman–Crippen LogP) is 5.04. The molecule has 1 heterocycles. The summed E-state index contributed by atoms with van der Waals surface area (Å²) in [5.41, 5.74) is 2.93. The van der Waals surface area contributed by atoms with Crippen LogP contribution in [-0.4, -0.2) is 20.7 Å². The maximum Gasteiger partial charge on any atom is 0.251 e. The van der Waals surface area contributed by atoms with E-state index in [4.69, 9.17) is 11.6 Å². The Morgan fingerprint density at radius 1 is 1.14 bits per heavy atom. The molecular weight excluding hydrogens is 392 g/mol. The van der Waals surface area contributed by atoms with E-state index in [1.54, 1.807) is 11.8 Å². The molecule has 1 aromatic heterocycles. The number of nitrogens with one attached hydrogen (secondary N) is 1. The number of hydrogen-bond acceptors (Lipinski definition) is 4. The molecule has 0 aliphatic rings. The molecule has 0 aliphatic heterocycles. The molecule has 1 atom stereocenters. The molecule has 1 N–H and O–H groups in total. The minimum Gasteiger partial charge on any atom is -0.342 e. The molecule has 0 unspecified atom stereocenters. The van der Waals surface area contributed by atoms with Gasteiger partial charge in [0.2, 0.25) is 0 Å². The summed E-state index contributed by atoms with van der Waals surface area (Å²) in [5, 5.41) is 13.2. The molecule has 0 bridgehead atoms. The number of aromatic nitrogens is 3. The Morgan fingerprint density at radius 2 is 1.82 bits per heavy atom. The average Bonchev–Trinajstić information content (AvgIpc) is 3.11. The van der Waals surface area contributed by atoms with E-state index >= 15 is 0 Å². The van der Waals surface area contributed by atoms with Gasteiger partial charge in [0.15, 0.2) is 11.0 Å². The van der Waals surface area contributed by atoms with Crippen molar-refractivity contribution in [2.24, 2.45) is 0 Å². The monoisotopic (exact) mass is 414 g/mol. The van der Waals surface area contributed by atoms with Crippen LogP contribution < -0.4 is 5.32 Å². The first-order valence-corrected chi connectivity index (χ1v) is 10.5. The minimum atomic E-state index is -0.244. The fourth-order valence-corrected chi connectivity index (χ4v) is 3.89. The van der Waals surface area contributed by atoms with Crippen molar-refractivity contribution in [3.05, 3.63) is 76.1 Å². The summed E-state index contributed by atoms with van der Waals surface area (Å²) in [6, 6.07) is 15.1. The molecule has 3 aromatic rings. The number of rotatable bonds is 7. The number of hydrogen-bond donors (Lipinski definition) is 1. The van der Waals surface area contributed by atoms with Crippen LogP contribution in [0.3, 0.4) is 0 Å². The molecule has 7 heteroatoms. The van der Waals surface area contributed by atoms with Crippen LogP contribution >= 0.6 is 23.4 Å². The van der Waals surface area contributed by atoms with Gasteiger partial charge < -0.3 is 9.88 Å². The highest BCUT2D eigenvalue weighted by atomic mass is 35.5. The highest BCUT2D eigenvalue weighted by Crippen LogP contribution is 2.25. The van der Waals surface area contributed by atoms with Gasteiger partial charge in [-0.05, 0) is 50.6 Å². The lowest BCUT2D eigenvalue weighted by atomic mass is 10.1. The number of carbonyl (C=O) groups excluding carboxylic acids is 1. The van der Waals surface area contributed by atoms with Crippen molar-refractivity contribution in [1.82, 2.24) is 20.1 Å². The van der Waals surface area contributed by atoms with Crippen molar-refractivity contribution in [2.75, 3.05) is 0 Å². The summed E-state index contributed by atoms with van der Waals surface area (Å²) in [5.74, 6) is 1.41. The third-order valence-electron chi connectivity index (χ3n) is 4.39. The van der Waals surface area contributed by atoms with Gasteiger partial charge in [-0.3, -0.25) is 4.79 Å². The van der Waals surface area contributed by atoms with Crippen LogP contribution in [0.5, 0.6) is 0 Å². The topological polar surface area (TPSA) is 59.8 Å². The second-order valence-corrected chi connectivity index (χ2v) is 7.94. The molecule has 3 rings (SSSR count). The first-order chi connectivity index (χ1) is 13.5. The average molecular weight is 415 g/mol. The Kier molecular flexibility index (Phi) is 6.75. The maximum atomic E-state index is 12.5. The van der Waals surface area contributed by atoms with Gasteiger partial charge in [0.25, 0.3) is 5.91 Å². The smallest absolute Gasteiger partial charge is 0.251 e. The quantitative estimate of drug-likeness (QED) is 0.550. The molecule has 5 nitrogen and oxygen atoms in total. The maximum absolute atomic E-state index is 12.5. The van der Waals surface area contributed by atoms with Crippen LogP contribution in [-0.2, 0) is 12.3 Å². The van der Waals surface area contributed by atoms with Gasteiger partial charge in [0, 0.05) is 22.9 Å². The largest absolute Gasteiger partial charge is 0.342 e. The van der Waals surface area contributed by atoms with E-state index in [0.29, 0.717) is 5.56 Å². The zero-order chi connectivity index (χ0) is 20.1. The van der Waals surface area contributed by atoms with Crippen LogP contribution in [0, 0.1) is 6.92 Å². The van der Waals surface area contributed by atoms with Crippen molar-refractivity contribution >= 4 is 29.3 Å². The Bertz CT molecular complexity index is 938. The number of thioether (sulfide) groups is 1. The molecule has 0 aliphatic carbocycles. The van der Waals surface area contributed by atoms with Crippen LogP contribution in [0.15, 0.2) is 53.7 Å². The van der Waals surface area contributed by atoms with Crippen molar-refractivity contribution in [3.8, 4) is 0 Å². The van der Waals surface area contributed by atoms with Crippen LogP contribution in [0.25, 0.3) is 0 Å². The summed E-state index contributed by atoms with van der Waals surface area (Å²) >= 11 is 7.56. The summed E-state index contributed by atoms with van der Waals surface area (Å²) in [6.45, 7) is 6.71. The van der Waals surface area contributed by atoms with Crippen molar-refractivity contribution in [2.45, 2.75) is 44.3 Å². The summed E-state index contributed by atoms with van der Waals surface area (Å²) in [4.78, 5) is 12.5. The van der Waals surface area contributed by atoms with Crippen molar-refractivity contribution in [1.29, 1.82) is 0 Å². The van der Waals surface area contributed by atoms with E-state index in [9.17, 15) is 4.79 Å². The molecule has 0 saturated carbocycles. The van der Waals surface area contributed by atoms with Gasteiger partial charge in [-0.1, -0.05) is 53.2 Å². The zero-order valence-electron chi connectivity index (χ0n) is 16.1. The van der Waals surface area contributed by atoms with Crippen molar-refractivity contribution in [3.63, 3.8) is 0 Å². The fraction of sp³-hybridized carbons (Fsp3) is 0.286. The highest BCUT2D eigenvalue weighted by Gasteiger charge is 2.19. The van der Waals surface area contributed by atoms with Crippen LogP contribution in [0.4, 0.5) is 0 Å². The Balaban J connectivity index is 1.68. The summed E-state index contributed by atoms with van der Waals surface area (Å²) in [6.07, 6.45) is 0. The highest BCUT2D eigenvalue weighted by molar-refractivity contribution is 7.98. The molecule has 0 radical (unpaired) electrons. The molecule has 2 aromatic carbocycles. The lowest BCUT2D eigenvalue weighted by Gasteiger charge is -2.15. The first-order valence-electron chi connectivity index (χ1n) is 9.15. The lowest BCUT2D eigenvalue weighted by molar-refractivity contribution is 0.0937. The molecule has 0 fully saturated rings. The van der Waals surface area contributed by atoms with E-state index in [0.717, 1.165) is 33.9 Å². The third-order valence-corrected chi connectivity index (χ3v) is 5.68. The molecule has 0 spiro atoms. The summed E-state index contributed by atoms with van der Waals surface area (Å²) in [7, 11) is 0. The normalized spacial score (nSPS) is 12.0. The molecule has 1 amide bonds. The Labute approximate surface area is 174 Å². The van der Waals surface area contributed by atoms with E-state index in [1.807, 2.05) is 73.9 Å². The van der Waals surface area contributed by atoms with Gasteiger partial charge in [0.1, 0.15) is 0 Å². The van der Waals surface area contributed by atoms with Crippen molar-refractivity contribution < 1.29 is 4.79 Å². The van der Waals surface area contributed by atoms with E-state index in [1.165, 1.54) is 5.56 Å². The molecule has 28 heavy (non-hydrogen) atoms. The number of nitrogens with zero attached hydrogens (tertiary/aromatic N) is 3. The molecule has 146 valence electrons. The van der Waals surface area contributed by atoms with Gasteiger partial charge in [0.05, 0.1) is 6.04 Å². The van der Waals surface area contributed by atoms with E-state index in [-0.39, 0.29) is 11.9 Å². The Hall–Kier alpha value is -2.31. The first kappa shape index (κ1) is 20.4. The van der Waals surface area contributed by atoms with E-state index in [2.05, 4.69) is 15.5 Å². The number of carbonyl (C=O) groups is 1. The Morgan fingerprint density at radius 3 is 2.46 bits per heavy atom. The third kappa shape index (κ3) is 4.94. The number of halogens is 1. The second kappa shape index (κ2) is 9.26. The lowest BCUT2D eigenvalue weighted by Crippen LogP contribution is -2.28. The van der Waals surface area contributed by atoms with Gasteiger partial charge in [-0.25, -0.2) is 0 Å². The molecular formula is C21H23ClN4OS. The van der Waals surface area contributed by atoms with Crippen LogP contribution in [0.1, 0.15) is 47.2 Å². The fourth-order valence-electron chi connectivity index (χ4n) is 2.80. The van der Waals surface area contributed by atoms with E-state index < -0.39 is 0 Å². The predicted molar refractivity (Wildman–Crippen MR) is 114 cm³/mol. The van der Waals surface area contributed by atoms with Gasteiger partial charge in [-0.15, -0.1) is 10.2 Å².